The summed E-state index contributed by atoms with van der Waals surface area (Å²) in [6.07, 6.45) is 0. The number of aromatic carboxylic acids is 1. The van der Waals surface area contributed by atoms with Gasteiger partial charge < -0.3 is 14.6 Å². The quantitative estimate of drug-likeness (QED) is 0.707. The van der Waals surface area contributed by atoms with Gasteiger partial charge in [0.05, 0.1) is 0 Å². The zero-order valence-corrected chi connectivity index (χ0v) is 12.5. The lowest BCUT2D eigenvalue weighted by molar-refractivity contribution is -0.0498. The molecule has 2 aromatic carbocycles. The Morgan fingerprint density at radius 1 is 1.08 bits per heavy atom. The number of ether oxygens (including phenoxy) is 2. The number of aromatic nitrogens is 3. The van der Waals surface area contributed by atoms with Gasteiger partial charge in [0.2, 0.25) is 5.69 Å². The first-order valence-electron chi connectivity index (χ1n) is 7.00. The SMILES string of the molecule is O=C(O)c1nn[nH]c1Oc1ccc(-c2cccc(OC(F)F)c2)cc1. The van der Waals surface area contributed by atoms with Gasteiger partial charge in [-0.1, -0.05) is 29.5 Å². The molecule has 2 N–H and O–H groups in total. The van der Waals surface area contributed by atoms with Crippen molar-refractivity contribution in [2.75, 3.05) is 0 Å². The highest BCUT2D eigenvalue weighted by Gasteiger charge is 2.16. The number of rotatable bonds is 6. The molecule has 0 saturated heterocycles. The number of carbonyl (C=O) groups is 1. The van der Waals surface area contributed by atoms with E-state index in [1.165, 1.54) is 12.1 Å². The molecule has 1 aromatic heterocycles. The summed E-state index contributed by atoms with van der Waals surface area (Å²) in [5.41, 5.74) is 1.09. The second-order valence-electron chi connectivity index (χ2n) is 4.83. The Morgan fingerprint density at radius 2 is 1.84 bits per heavy atom. The molecule has 7 nitrogen and oxygen atoms in total. The van der Waals surface area contributed by atoms with Crippen molar-refractivity contribution in [1.29, 1.82) is 0 Å². The molecule has 0 saturated carbocycles. The fourth-order valence-corrected chi connectivity index (χ4v) is 2.11. The van der Waals surface area contributed by atoms with Gasteiger partial charge in [-0.2, -0.15) is 8.78 Å². The zero-order valence-electron chi connectivity index (χ0n) is 12.5. The number of carboxylic acid groups (broad SMARTS) is 1. The van der Waals surface area contributed by atoms with Gasteiger partial charge in [0, 0.05) is 0 Å². The molecular weight excluding hydrogens is 336 g/mol. The third-order valence-corrected chi connectivity index (χ3v) is 3.19. The van der Waals surface area contributed by atoms with Crippen molar-refractivity contribution in [3.8, 4) is 28.5 Å². The molecular formula is C16H11F2N3O4. The van der Waals surface area contributed by atoms with E-state index in [0.717, 1.165) is 5.56 Å². The van der Waals surface area contributed by atoms with E-state index >= 15 is 0 Å². The van der Waals surface area contributed by atoms with Crippen LogP contribution in [0.4, 0.5) is 8.78 Å². The molecule has 128 valence electrons. The zero-order chi connectivity index (χ0) is 17.8. The first kappa shape index (κ1) is 16.4. The molecule has 25 heavy (non-hydrogen) atoms. The van der Waals surface area contributed by atoms with Gasteiger partial charge in [-0.05, 0) is 35.4 Å². The molecule has 0 aliphatic carbocycles. The normalized spacial score (nSPS) is 10.7. The number of nitrogens with one attached hydrogen (secondary N) is 1. The number of benzene rings is 2. The number of hydrogen-bond donors (Lipinski definition) is 2. The van der Waals surface area contributed by atoms with E-state index in [4.69, 9.17) is 9.84 Å². The molecule has 3 aromatic rings. The lowest BCUT2D eigenvalue weighted by Gasteiger charge is -2.08. The largest absolute Gasteiger partial charge is 0.476 e. The predicted octanol–water partition coefficient (Wildman–Crippen LogP) is 3.56. The maximum atomic E-state index is 12.3. The van der Waals surface area contributed by atoms with Crippen LogP contribution in [0.1, 0.15) is 10.5 Å². The Labute approximate surface area is 139 Å². The van der Waals surface area contributed by atoms with Crippen LogP contribution in [0.3, 0.4) is 0 Å². The van der Waals surface area contributed by atoms with Gasteiger partial charge in [-0.25, -0.2) is 9.89 Å². The van der Waals surface area contributed by atoms with E-state index in [1.807, 2.05) is 0 Å². The lowest BCUT2D eigenvalue weighted by atomic mass is 10.1. The molecule has 0 bridgehead atoms. The molecule has 0 spiro atoms. The molecule has 1 heterocycles. The molecule has 0 radical (unpaired) electrons. The molecule has 0 aliphatic rings. The van der Waals surface area contributed by atoms with Gasteiger partial charge in [-0.3, -0.25) is 0 Å². The van der Waals surface area contributed by atoms with Gasteiger partial charge in [0.25, 0.3) is 5.88 Å². The number of H-pyrrole nitrogens is 1. The van der Waals surface area contributed by atoms with E-state index in [9.17, 15) is 13.6 Å². The summed E-state index contributed by atoms with van der Waals surface area (Å²) in [5.74, 6) is -0.941. The van der Waals surface area contributed by atoms with E-state index in [0.29, 0.717) is 11.3 Å². The van der Waals surface area contributed by atoms with Gasteiger partial charge >= 0.3 is 12.6 Å². The topological polar surface area (TPSA) is 97.3 Å². The molecule has 0 atom stereocenters. The maximum Gasteiger partial charge on any atom is 0.387 e. The minimum atomic E-state index is -2.89. The van der Waals surface area contributed by atoms with E-state index < -0.39 is 12.6 Å². The first-order chi connectivity index (χ1) is 12.0. The lowest BCUT2D eigenvalue weighted by Crippen LogP contribution is -2.01. The molecule has 0 amide bonds. The summed E-state index contributed by atoms with van der Waals surface area (Å²) in [6.45, 7) is -2.89. The van der Waals surface area contributed by atoms with Crippen molar-refractivity contribution < 1.29 is 28.2 Å². The molecule has 0 aliphatic heterocycles. The monoisotopic (exact) mass is 347 g/mol. The number of aromatic amines is 1. The summed E-state index contributed by atoms with van der Waals surface area (Å²) in [6, 6.07) is 12.9. The minimum absolute atomic E-state index is 0.0578. The standard InChI is InChI=1S/C16H11F2N3O4/c17-16(18)25-12-3-1-2-10(8-12)9-4-6-11(7-5-9)24-14-13(15(22)23)19-21-20-14/h1-8,16H,(H,22,23)(H,19,20,21). The van der Waals surface area contributed by atoms with Gasteiger partial charge in [0.15, 0.2) is 0 Å². The Hall–Kier alpha value is -3.49. The molecule has 0 unspecified atom stereocenters. The van der Waals surface area contributed by atoms with Crippen molar-refractivity contribution in [3.05, 3.63) is 54.2 Å². The minimum Gasteiger partial charge on any atom is -0.476 e. The van der Waals surface area contributed by atoms with Crippen LogP contribution in [0.15, 0.2) is 48.5 Å². The second-order valence-corrected chi connectivity index (χ2v) is 4.83. The van der Waals surface area contributed by atoms with Crippen molar-refractivity contribution in [1.82, 2.24) is 15.4 Å². The summed E-state index contributed by atoms with van der Waals surface area (Å²) < 4.78 is 34.3. The van der Waals surface area contributed by atoms with Crippen LogP contribution >= 0.6 is 0 Å². The number of halogens is 2. The maximum absolute atomic E-state index is 12.3. The summed E-state index contributed by atoms with van der Waals surface area (Å²) in [7, 11) is 0. The van der Waals surface area contributed by atoms with Crippen molar-refractivity contribution in [2.45, 2.75) is 6.61 Å². The van der Waals surface area contributed by atoms with E-state index in [-0.39, 0.29) is 17.3 Å². The van der Waals surface area contributed by atoms with Crippen LogP contribution in [-0.2, 0) is 0 Å². The van der Waals surface area contributed by atoms with Crippen LogP contribution in [-0.4, -0.2) is 33.1 Å². The second kappa shape index (κ2) is 6.95. The van der Waals surface area contributed by atoms with Crippen LogP contribution in [0.5, 0.6) is 17.4 Å². The molecule has 9 heteroatoms. The average Bonchev–Trinajstić information content (AvgIpc) is 3.03. The highest BCUT2D eigenvalue weighted by molar-refractivity contribution is 5.87. The average molecular weight is 347 g/mol. The van der Waals surface area contributed by atoms with Crippen LogP contribution in [0, 0.1) is 0 Å². The molecule has 3 rings (SSSR count). The third-order valence-electron chi connectivity index (χ3n) is 3.19. The fourth-order valence-electron chi connectivity index (χ4n) is 2.11. The summed E-state index contributed by atoms with van der Waals surface area (Å²) in [4.78, 5) is 11.0. The Morgan fingerprint density at radius 3 is 2.52 bits per heavy atom. The van der Waals surface area contributed by atoms with Crippen LogP contribution < -0.4 is 9.47 Å². The van der Waals surface area contributed by atoms with Crippen LogP contribution in [0.25, 0.3) is 11.1 Å². The Balaban J connectivity index is 1.78. The van der Waals surface area contributed by atoms with Crippen LogP contribution in [0.2, 0.25) is 0 Å². The highest BCUT2D eigenvalue weighted by atomic mass is 19.3. The van der Waals surface area contributed by atoms with Gasteiger partial charge in [0.1, 0.15) is 11.5 Å². The highest BCUT2D eigenvalue weighted by Crippen LogP contribution is 2.28. The Bertz CT molecular complexity index is 881. The third kappa shape index (κ3) is 3.89. The smallest absolute Gasteiger partial charge is 0.387 e. The van der Waals surface area contributed by atoms with Crippen molar-refractivity contribution in [3.63, 3.8) is 0 Å². The van der Waals surface area contributed by atoms with E-state index in [1.54, 1.807) is 36.4 Å². The number of nitrogens with zero attached hydrogens (tertiary/aromatic N) is 2. The van der Waals surface area contributed by atoms with Crippen molar-refractivity contribution in [2.24, 2.45) is 0 Å². The Kier molecular flexibility index (Phi) is 4.55. The number of alkyl halides is 2. The predicted molar refractivity (Wildman–Crippen MR) is 81.9 cm³/mol. The summed E-state index contributed by atoms with van der Waals surface area (Å²) >= 11 is 0. The number of carboxylic acids is 1. The molecule has 0 fully saturated rings. The van der Waals surface area contributed by atoms with Crippen molar-refractivity contribution >= 4 is 5.97 Å². The van der Waals surface area contributed by atoms with E-state index in [2.05, 4.69) is 20.1 Å². The van der Waals surface area contributed by atoms with Gasteiger partial charge in [-0.15, -0.1) is 5.10 Å². The first-order valence-corrected chi connectivity index (χ1v) is 7.00. The fraction of sp³-hybridized carbons (Fsp3) is 0.0625. The number of hydrogen-bond acceptors (Lipinski definition) is 5. The summed E-state index contributed by atoms with van der Waals surface area (Å²) in [5, 5.41) is 18.1.